The lowest BCUT2D eigenvalue weighted by atomic mass is 9.95. The molecule has 1 saturated heterocycles. The van der Waals surface area contributed by atoms with Crippen molar-refractivity contribution in [3.05, 3.63) is 0 Å². The van der Waals surface area contributed by atoms with Crippen LogP contribution in [-0.4, -0.2) is 45.9 Å². The minimum atomic E-state index is -0.965. The average Bonchev–Trinajstić information content (AvgIpc) is 3.09. The third kappa shape index (κ3) is 3.32. The summed E-state index contributed by atoms with van der Waals surface area (Å²) in [6.07, 6.45) is 3.54. The highest BCUT2D eigenvalue weighted by molar-refractivity contribution is 6.01. The standard InChI is InChI=1S/C13H20N2O4/c1-13(12(18)19,14-9-3-4-9)7-2-8-15-10(16)5-6-11(15)17/h9,14H,2-8H2,1H3,(H,18,19). The van der Waals surface area contributed by atoms with E-state index in [9.17, 15) is 19.5 Å². The summed E-state index contributed by atoms with van der Waals surface area (Å²) >= 11 is 0. The summed E-state index contributed by atoms with van der Waals surface area (Å²) in [4.78, 5) is 35.4. The van der Waals surface area contributed by atoms with Crippen LogP contribution in [0, 0.1) is 0 Å². The molecule has 2 aliphatic rings. The Hall–Kier alpha value is -1.43. The van der Waals surface area contributed by atoms with Crippen LogP contribution in [-0.2, 0) is 14.4 Å². The molecule has 1 unspecified atom stereocenters. The summed E-state index contributed by atoms with van der Waals surface area (Å²) in [5.41, 5.74) is -0.965. The maximum atomic E-state index is 11.4. The van der Waals surface area contributed by atoms with Crippen molar-refractivity contribution in [2.45, 2.75) is 57.0 Å². The van der Waals surface area contributed by atoms with Crippen molar-refractivity contribution in [1.82, 2.24) is 10.2 Å². The zero-order chi connectivity index (χ0) is 14.0. The Bertz CT molecular complexity index is 389. The summed E-state index contributed by atoms with van der Waals surface area (Å²) in [6.45, 7) is 1.99. The predicted octanol–water partition coefficient (Wildman–Crippen LogP) is 0.511. The van der Waals surface area contributed by atoms with E-state index in [1.807, 2.05) is 0 Å². The van der Waals surface area contributed by atoms with Gasteiger partial charge in [0, 0.05) is 25.4 Å². The molecule has 19 heavy (non-hydrogen) atoms. The fraction of sp³-hybridized carbons (Fsp3) is 0.769. The van der Waals surface area contributed by atoms with Crippen molar-refractivity contribution in [2.24, 2.45) is 0 Å². The van der Waals surface area contributed by atoms with E-state index in [1.165, 1.54) is 4.90 Å². The van der Waals surface area contributed by atoms with E-state index in [0.717, 1.165) is 12.8 Å². The molecule has 106 valence electrons. The Morgan fingerprint density at radius 2 is 1.95 bits per heavy atom. The number of nitrogens with one attached hydrogen (secondary N) is 1. The molecule has 0 aromatic rings. The third-order valence-electron chi connectivity index (χ3n) is 3.79. The van der Waals surface area contributed by atoms with E-state index in [-0.39, 0.29) is 24.7 Å². The van der Waals surface area contributed by atoms with E-state index < -0.39 is 11.5 Å². The number of carbonyl (C=O) groups is 3. The van der Waals surface area contributed by atoms with Crippen LogP contribution in [0.1, 0.15) is 45.4 Å². The van der Waals surface area contributed by atoms with Gasteiger partial charge in [0.25, 0.3) is 0 Å². The normalized spacial score (nSPS) is 22.7. The second kappa shape index (κ2) is 5.28. The topological polar surface area (TPSA) is 86.7 Å². The number of hydrogen-bond donors (Lipinski definition) is 2. The molecule has 6 nitrogen and oxygen atoms in total. The molecule has 0 aromatic heterocycles. The molecule has 6 heteroatoms. The molecule has 1 aliphatic heterocycles. The largest absolute Gasteiger partial charge is 0.480 e. The van der Waals surface area contributed by atoms with E-state index in [2.05, 4.69) is 5.32 Å². The highest BCUT2D eigenvalue weighted by Gasteiger charge is 2.38. The van der Waals surface area contributed by atoms with E-state index in [0.29, 0.717) is 25.4 Å². The summed E-state index contributed by atoms with van der Waals surface area (Å²) < 4.78 is 0. The van der Waals surface area contributed by atoms with Crippen LogP contribution in [0.5, 0.6) is 0 Å². The van der Waals surface area contributed by atoms with Gasteiger partial charge in [-0.25, -0.2) is 0 Å². The van der Waals surface area contributed by atoms with Crippen molar-refractivity contribution in [1.29, 1.82) is 0 Å². The average molecular weight is 268 g/mol. The van der Waals surface area contributed by atoms with Crippen molar-refractivity contribution >= 4 is 17.8 Å². The van der Waals surface area contributed by atoms with Gasteiger partial charge in [0.15, 0.2) is 0 Å². The molecule has 2 amide bonds. The first-order chi connectivity index (χ1) is 8.92. The second-order valence-corrected chi connectivity index (χ2v) is 5.60. The Balaban J connectivity index is 1.83. The number of hydrogen-bond acceptors (Lipinski definition) is 4. The smallest absolute Gasteiger partial charge is 0.323 e. The minimum absolute atomic E-state index is 0.141. The zero-order valence-electron chi connectivity index (χ0n) is 11.1. The molecule has 2 fully saturated rings. The Morgan fingerprint density at radius 3 is 2.42 bits per heavy atom. The number of imide groups is 1. The second-order valence-electron chi connectivity index (χ2n) is 5.60. The molecule has 0 aromatic carbocycles. The van der Waals surface area contributed by atoms with Gasteiger partial charge in [-0.05, 0) is 32.6 Å². The van der Waals surface area contributed by atoms with Gasteiger partial charge in [-0.15, -0.1) is 0 Å². The first-order valence-electron chi connectivity index (χ1n) is 6.77. The number of carboxylic acids is 1. The zero-order valence-corrected chi connectivity index (χ0v) is 11.1. The molecule has 1 saturated carbocycles. The summed E-state index contributed by atoms with van der Waals surface area (Å²) in [5, 5.41) is 12.4. The summed E-state index contributed by atoms with van der Waals surface area (Å²) in [6, 6.07) is 0.302. The van der Waals surface area contributed by atoms with Crippen LogP contribution in [0.3, 0.4) is 0 Å². The number of likely N-dealkylation sites (tertiary alicyclic amines) is 1. The van der Waals surface area contributed by atoms with Crippen LogP contribution < -0.4 is 5.32 Å². The van der Waals surface area contributed by atoms with Crippen molar-refractivity contribution < 1.29 is 19.5 Å². The van der Waals surface area contributed by atoms with Gasteiger partial charge in [-0.3, -0.25) is 24.6 Å². The van der Waals surface area contributed by atoms with Crippen molar-refractivity contribution in [3.8, 4) is 0 Å². The number of rotatable bonds is 7. The van der Waals surface area contributed by atoms with E-state index >= 15 is 0 Å². The van der Waals surface area contributed by atoms with E-state index in [1.54, 1.807) is 6.92 Å². The monoisotopic (exact) mass is 268 g/mol. The molecule has 2 rings (SSSR count). The van der Waals surface area contributed by atoms with Gasteiger partial charge in [0.05, 0.1) is 0 Å². The molecule has 2 N–H and O–H groups in total. The maximum absolute atomic E-state index is 11.4. The Labute approximate surface area is 112 Å². The highest BCUT2D eigenvalue weighted by atomic mass is 16.4. The van der Waals surface area contributed by atoms with E-state index in [4.69, 9.17) is 0 Å². The number of carbonyl (C=O) groups excluding carboxylic acids is 2. The molecule has 1 atom stereocenters. The lowest BCUT2D eigenvalue weighted by Gasteiger charge is -2.27. The first-order valence-corrected chi connectivity index (χ1v) is 6.77. The lowest BCUT2D eigenvalue weighted by molar-refractivity contribution is -0.144. The Kier molecular flexibility index (Phi) is 3.89. The van der Waals surface area contributed by atoms with Gasteiger partial charge < -0.3 is 5.11 Å². The third-order valence-corrected chi connectivity index (χ3v) is 3.79. The SMILES string of the molecule is CC(CCCN1C(=O)CCC1=O)(NC1CC1)C(=O)O. The quantitative estimate of drug-likeness (QED) is 0.657. The number of carboxylic acid groups (broad SMARTS) is 1. The van der Waals surface area contributed by atoms with Crippen LogP contribution in [0.2, 0.25) is 0 Å². The van der Waals surface area contributed by atoms with Crippen molar-refractivity contribution in [2.75, 3.05) is 6.54 Å². The van der Waals surface area contributed by atoms with Crippen LogP contribution >= 0.6 is 0 Å². The minimum Gasteiger partial charge on any atom is -0.480 e. The summed E-state index contributed by atoms with van der Waals surface area (Å²) in [5.74, 6) is -1.16. The predicted molar refractivity (Wildman–Crippen MR) is 67.4 cm³/mol. The van der Waals surface area contributed by atoms with Crippen LogP contribution in [0.25, 0.3) is 0 Å². The number of amides is 2. The molecular formula is C13H20N2O4. The van der Waals surface area contributed by atoms with Gasteiger partial charge in [-0.1, -0.05) is 0 Å². The number of aliphatic carboxylic acids is 1. The fourth-order valence-corrected chi connectivity index (χ4v) is 2.38. The van der Waals surface area contributed by atoms with Gasteiger partial charge in [-0.2, -0.15) is 0 Å². The highest BCUT2D eigenvalue weighted by Crippen LogP contribution is 2.25. The molecule has 1 aliphatic carbocycles. The Morgan fingerprint density at radius 1 is 1.37 bits per heavy atom. The van der Waals surface area contributed by atoms with Gasteiger partial charge >= 0.3 is 5.97 Å². The molecule has 0 bridgehead atoms. The molecule has 1 heterocycles. The first kappa shape index (κ1) is 14.0. The summed E-state index contributed by atoms with van der Waals surface area (Å²) in [7, 11) is 0. The van der Waals surface area contributed by atoms with Crippen molar-refractivity contribution in [3.63, 3.8) is 0 Å². The lowest BCUT2D eigenvalue weighted by Crippen LogP contribution is -2.51. The van der Waals surface area contributed by atoms with Gasteiger partial charge in [0.1, 0.15) is 5.54 Å². The van der Waals surface area contributed by atoms with Crippen LogP contribution in [0.15, 0.2) is 0 Å². The molecule has 0 spiro atoms. The maximum Gasteiger partial charge on any atom is 0.323 e. The molecular weight excluding hydrogens is 248 g/mol. The van der Waals surface area contributed by atoms with Gasteiger partial charge in [0.2, 0.25) is 11.8 Å². The number of nitrogens with zero attached hydrogens (tertiary/aromatic N) is 1. The van der Waals surface area contributed by atoms with Crippen LogP contribution in [0.4, 0.5) is 0 Å². The molecule has 0 radical (unpaired) electrons. The fourth-order valence-electron chi connectivity index (χ4n) is 2.38.